The Balaban J connectivity index is 1.93. The van der Waals surface area contributed by atoms with E-state index >= 15 is 0 Å². The summed E-state index contributed by atoms with van der Waals surface area (Å²) in [6, 6.07) is 0. The van der Waals surface area contributed by atoms with Gasteiger partial charge in [-0.2, -0.15) is 0 Å². The van der Waals surface area contributed by atoms with Gasteiger partial charge in [0.05, 0.1) is 18.1 Å². The van der Waals surface area contributed by atoms with Gasteiger partial charge in [-0.15, -0.1) is 0 Å². The highest BCUT2D eigenvalue weighted by atomic mass is 15.1. The van der Waals surface area contributed by atoms with Crippen LogP contribution in [0.15, 0.2) is 12.4 Å². The van der Waals surface area contributed by atoms with Crippen LogP contribution in [-0.4, -0.2) is 16.5 Å². The monoisotopic (exact) mass is 220 g/mol. The third kappa shape index (κ3) is 2.43. The third-order valence-corrected chi connectivity index (χ3v) is 3.71. The Hall–Kier alpha value is -1.32. The standard InChI is InChI=1S/C12H20N4/c1-2-12(5-3-4-6-12)9-16-11-14-7-10(13)8-15-11/h7-8H,2-6,9,13H2,1H3,(H,14,15,16). The molecule has 0 spiro atoms. The van der Waals surface area contributed by atoms with Crippen molar-refractivity contribution in [3.8, 4) is 0 Å². The maximum absolute atomic E-state index is 5.54. The van der Waals surface area contributed by atoms with E-state index in [4.69, 9.17) is 5.73 Å². The molecule has 4 heteroatoms. The maximum Gasteiger partial charge on any atom is 0.222 e. The van der Waals surface area contributed by atoms with E-state index in [-0.39, 0.29) is 0 Å². The molecule has 1 fully saturated rings. The molecule has 1 saturated carbocycles. The number of nitrogens with zero attached hydrogens (tertiary/aromatic N) is 2. The Kier molecular flexibility index (Phi) is 3.27. The minimum Gasteiger partial charge on any atom is -0.396 e. The second-order valence-corrected chi connectivity index (χ2v) is 4.75. The normalized spacial score (nSPS) is 18.6. The van der Waals surface area contributed by atoms with Gasteiger partial charge in [0.1, 0.15) is 0 Å². The Morgan fingerprint density at radius 1 is 1.31 bits per heavy atom. The molecule has 0 amide bonds. The summed E-state index contributed by atoms with van der Waals surface area (Å²) in [5, 5.41) is 3.33. The van der Waals surface area contributed by atoms with Gasteiger partial charge >= 0.3 is 0 Å². The largest absolute Gasteiger partial charge is 0.396 e. The summed E-state index contributed by atoms with van der Waals surface area (Å²) in [7, 11) is 0. The van der Waals surface area contributed by atoms with Gasteiger partial charge in [0.15, 0.2) is 0 Å². The van der Waals surface area contributed by atoms with Crippen molar-refractivity contribution < 1.29 is 0 Å². The predicted molar refractivity (Wildman–Crippen MR) is 66.1 cm³/mol. The van der Waals surface area contributed by atoms with Gasteiger partial charge in [-0.3, -0.25) is 0 Å². The van der Waals surface area contributed by atoms with Crippen molar-refractivity contribution in [2.24, 2.45) is 5.41 Å². The minimum atomic E-state index is 0.463. The first-order chi connectivity index (χ1) is 7.74. The fourth-order valence-electron chi connectivity index (χ4n) is 2.48. The molecule has 0 radical (unpaired) electrons. The van der Waals surface area contributed by atoms with Crippen molar-refractivity contribution >= 4 is 11.6 Å². The van der Waals surface area contributed by atoms with E-state index in [2.05, 4.69) is 22.2 Å². The molecule has 1 aromatic heterocycles. The highest BCUT2D eigenvalue weighted by Crippen LogP contribution is 2.40. The van der Waals surface area contributed by atoms with Gasteiger partial charge in [0.2, 0.25) is 5.95 Å². The Morgan fingerprint density at radius 3 is 2.50 bits per heavy atom. The zero-order valence-electron chi connectivity index (χ0n) is 9.87. The molecule has 16 heavy (non-hydrogen) atoms. The van der Waals surface area contributed by atoms with Crippen molar-refractivity contribution in [3.63, 3.8) is 0 Å². The van der Waals surface area contributed by atoms with Gasteiger partial charge < -0.3 is 11.1 Å². The quantitative estimate of drug-likeness (QED) is 0.818. The highest BCUT2D eigenvalue weighted by molar-refractivity contribution is 5.36. The first-order valence-corrected chi connectivity index (χ1v) is 6.05. The van der Waals surface area contributed by atoms with Crippen molar-refractivity contribution in [1.29, 1.82) is 0 Å². The van der Waals surface area contributed by atoms with Crippen molar-refractivity contribution in [3.05, 3.63) is 12.4 Å². The molecule has 0 aromatic carbocycles. The van der Waals surface area contributed by atoms with Crippen LogP contribution in [0.3, 0.4) is 0 Å². The number of anilines is 2. The van der Waals surface area contributed by atoms with Crippen molar-refractivity contribution in [1.82, 2.24) is 9.97 Å². The molecule has 4 nitrogen and oxygen atoms in total. The number of hydrogen-bond acceptors (Lipinski definition) is 4. The molecule has 0 aliphatic heterocycles. The lowest BCUT2D eigenvalue weighted by Crippen LogP contribution is -2.26. The van der Waals surface area contributed by atoms with E-state index in [1.54, 1.807) is 12.4 Å². The van der Waals surface area contributed by atoms with Gasteiger partial charge in [-0.1, -0.05) is 19.8 Å². The van der Waals surface area contributed by atoms with E-state index in [0.717, 1.165) is 6.54 Å². The van der Waals surface area contributed by atoms with Crippen molar-refractivity contribution in [2.75, 3.05) is 17.6 Å². The zero-order valence-corrected chi connectivity index (χ0v) is 9.87. The van der Waals surface area contributed by atoms with Gasteiger partial charge in [-0.25, -0.2) is 9.97 Å². The van der Waals surface area contributed by atoms with Crippen LogP contribution in [-0.2, 0) is 0 Å². The van der Waals surface area contributed by atoms with Crippen LogP contribution in [0.2, 0.25) is 0 Å². The lowest BCUT2D eigenvalue weighted by atomic mass is 9.83. The molecule has 0 bridgehead atoms. The summed E-state index contributed by atoms with van der Waals surface area (Å²) in [6.07, 6.45) is 9.88. The fourth-order valence-corrected chi connectivity index (χ4v) is 2.48. The molecule has 2 rings (SSSR count). The summed E-state index contributed by atoms with van der Waals surface area (Å²) in [5.41, 5.74) is 6.62. The van der Waals surface area contributed by atoms with E-state index in [9.17, 15) is 0 Å². The molecule has 3 N–H and O–H groups in total. The summed E-state index contributed by atoms with van der Waals surface area (Å²) >= 11 is 0. The molecule has 88 valence electrons. The average Bonchev–Trinajstić information content (AvgIpc) is 2.78. The number of aromatic nitrogens is 2. The molecule has 1 heterocycles. The Labute approximate surface area is 96.7 Å². The minimum absolute atomic E-state index is 0.463. The molecular formula is C12H20N4. The van der Waals surface area contributed by atoms with Crippen molar-refractivity contribution in [2.45, 2.75) is 39.0 Å². The van der Waals surface area contributed by atoms with Crippen LogP contribution >= 0.6 is 0 Å². The van der Waals surface area contributed by atoms with E-state index < -0.39 is 0 Å². The Bertz CT molecular complexity index is 327. The summed E-state index contributed by atoms with van der Waals surface area (Å²) in [5.74, 6) is 0.689. The number of nitrogens with one attached hydrogen (secondary N) is 1. The van der Waals surface area contributed by atoms with Crippen LogP contribution < -0.4 is 11.1 Å². The Morgan fingerprint density at radius 2 is 1.94 bits per heavy atom. The maximum atomic E-state index is 5.54. The average molecular weight is 220 g/mol. The highest BCUT2D eigenvalue weighted by Gasteiger charge is 2.31. The summed E-state index contributed by atoms with van der Waals surface area (Å²) in [6.45, 7) is 3.25. The SMILES string of the molecule is CCC1(CNc2ncc(N)cn2)CCCC1. The van der Waals surface area contributed by atoms with Gasteiger partial charge in [-0.05, 0) is 24.7 Å². The fraction of sp³-hybridized carbons (Fsp3) is 0.667. The van der Waals surface area contributed by atoms with Crippen LogP contribution in [0.1, 0.15) is 39.0 Å². The van der Waals surface area contributed by atoms with Gasteiger partial charge in [0.25, 0.3) is 0 Å². The molecule has 0 unspecified atom stereocenters. The smallest absolute Gasteiger partial charge is 0.222 e. The number of nitrogen functional groups attached to an aromatic ring is 1. The number of nitrogens with two attached hydrogens (primary N) is 1. The molecule has 1 aliphatic carbocycles. The topological polar surface area (TPSA) is 63.8 Å². The molecule has 0 atom stereocenters. The van der Waals surface area contributed by atoms with E-state index in [1.165, 1.54) is 32.1 Å². The third-order valence-electron chi connectivity index (χ3n) is 3.71. The first-order valence-electron chi connectivity index (χ1n) is 6.05. The second-order valence-electron chi connectivity index (χ2n) is 4.75. The van der Waals surface area contributed by atoms with Crippen LogP contribution in [0.25, 0.3) is 0 Å². The molecule has 1 aromatic rings. The second kappa shape index (κ2) is 4.68. The van der Waals surface area contributed by atoms with Crippen LogP contribution in [0.5, 0.6) is 0 Å². The van der Waals surface area contributed by atoms with E-state index in [1.807, 2.05) is 0 Å². The zero-order chi connectivity index (χ0) is 11.4. The molecule has 1 aliphatic rings. The molecular weight excluding hydrogens is 200 g/mol. The first kappa shape index (κ1) is 11.2. The van der Waals surface area contributed by atoms with Crippen LogP contribution in [0.4, 0.5) is 11.6 Å². The number of hydrogen-bond donors (Lipinski definition) is 2. The lowest BCUT2D eigenvalue weighted by Gasteiger charge is -2.27. The summed E-state index contributed by atoms with van der Waals surface area (Å²) < 4.78 is 0. The number of rotatable bonds is 4. The lowest BCUT2D eigenvalue weighted by molar-refractivity contribution is 0.306. The molecule has 0 saturated heterocycles. The van der Waals surface area contributed by atoms with Crippen LogP contribution in [0, 0.1) is 5.41 Å². The van der Waals surface area contributed by atoms with Gasteiger partial charge in [0, 0.05) is 6.54 Å². The predicted octanol–water partition coefficient (Wildman–Crippen LogP) is 2.44. The summed E-state index contributed by atoms with van der Waals surface area (Å²) in [4.78, 5) is 8.31. The van der Waals surface area contributed by atoms with E-state index in [0.29, 0.717) is 17.1 Å².